The lowest BCUT2D eigenvalue weighted by molar-refractivity contribution is -0.153. The summed E-state index contributed by atoms with van der Waals surface area (Å²) in [6, 6.07) is 13.0. The van der Waals surface area contributed by atoms with Gasteiger partial charge < -0.3 is 25.4 Å². The number of amides is 1. The summed E-state index contributed by atoms with van der Waals surface area (Å²) in [6.45, 7) is 5.48. The second-order valence-electron chi connectivity index (χ2n) is 11.2. The molecule has 4 aliphatic rings. The molecule has 2 aliphatic carbocycles. The first kappa shape index (κ1) is 23.4. The Morgan fingerprint density at radius 2 is 1.94 bits per heavy atom. The number of phenolic OH excluding ortho intramolecular Hbond substituents is 1. The molecule has 2 aliphatic heterocycles. The lowest BCUT2D eigenvalue weighted by Crippen LogP contribution is -2.73. The minimum Gasteiger partial charge on any atom is -0.508 e. The van der Waals surface area contributed by atoms with Crippen molar-refractivity contribution in [3.05, 3.63) is 70.5 Å². The van der Waals surface area contributed by atoms with Crippen molar-refractivity contribution >= 4 is 5.91 Å². The van der Waals surface area contributed by atoms with E-state index in [0.29, 0.717) is 31.1 Å². The van der Waals surface area contributed by atoms with E-state index in [4.69, 9.17) is 4.74 Å². The fourth-order valence-electron chi connectivity index (χ4n) is 6.80. The SMILES string of the molecule is C/C(C(=O)NCc1ccccc1)=C(/O)[C@@H]1Oc2c(O)ccc3c2[C@@]12CCN(CC1CC1)[C@H](C3)[C@@]2(C)O. The quantitative estimate of drug-likeness (QED) is 0.366. The highest BCUT2D eigenvalue weighted by molar-refractivity contribution is 5.93. The number of carbonyl (C=O) groups excluding carboxylic acids is 1. The van der Waals surface area contributed by atoms with E-state index in [0.717, 1.165) is 29.8 Å². The first-order chi connectivity index (χ1) is 17.2. The van der Waals surface area contributed by atoms with Crippen molar-refractivity contribution in [3.63, 3.8) is 0 Å². The molecular weight excluding hydrogens is 456 g/mol. The minimum absolute atomic E-state index is 0.00994. The number of aliphatic hydroxyl groups is 2. The molecule has 2 aromatic rings. The predicted molar refractivity (Wildman–Crippen MR) is 135 cm³/mol. The first-order valence-electron chi connectivity index (χ1n) is 12.9. The molecule has 4 N–H and O–H groups in total. The Hall–Kier alpha value is -3.03. The highest BCUT2D eigenvalue weighted by Gasteiger charge is 2.69. The smallest absolute Gasteiger partial charge is 0.250 e. The summed E-state index contributed by atoms with van der Waals surface area (Å²) in [5.74, 6) is 0.403. The van der Waals surface area contributed by atoms with Gasteiger partial charge in [-0.25, -0.2) is 0 Å². The average molecular weight is 491 g/mol. The maximum Gasteiger partial charge on any atom is 0.250 e. The summed E-state index contributed by atoms with van der Waals surface area (Å²) >= 11 is 0. The summed E-state index contributed by atoms with van der Waals surface area (Å²) < 4.78 is 6.28. The van der Waals surface area contributed by atoms with Crippen LogP contribution in [0.3, 0.4) is 0 Å². The average Bonchev–Trinajstić information content (AvgIpc) is 3.61. The third-order valence-electron chi connectivity index (χ3n) is 9.01. The zero-order valence-electron chi connectivity index (χ0n) is 20.8. The van der Waals surface area contributed by atoms with Crippen LogP contribution in [0.2, 0.25) is 0 Å². The zero-order chi connectivity index (χ0) is 25.2. The third kappa shape index (κ3) is 3.36. The number of ether oxygens (including phenoxy) is 1. The number of benzene rings is 2. The Morgan fingerprint density at radius 3 is 2.67 bits per heavy atom. The van der Waals surface area contributed by atoms with Crippen LogP contribution in [0.5, 0.6) is 11.5 Å². The number of likely N-dealkylation sites (tertiary alicyclic amines) is 1. The first-order valence-corrected chi connectivity index (χ1v) is 12.9. The molecular formula is C29H34N2O5. The van der Waals surface area contributed by atoms with Gasteiger partial charge in [0.15, 0.2) is 17.6 Å². The van der Waals surface area contributed by atoms with Gasteiger partial charge in [-0.15, -0.1) is 0 Å². The molecule has 1 amide bonds. The van der Waals surface area contributed by atoms with Crippen LogP contribution < -0.4 is 10.1 Å². The molecule has 36 heavy (non-hydrogen) atoms. The monoisotopic (exact) mass is 490 g/mol. The van der Waals surface area contributed by atoms with Gasteiger partial charge in [-0.1, -0.05) is 36.4 Å². The van der Waals surface area contributed by atoms with Crippen LogP contribution in [0.4, 0.5) is 0 Å². The second kappa shape index (κ2) is 8.25. The maximum atomic E-state index is 13.0. The van der Waals surface area contributed by atoms with Crippen LogP contribution in [0.25, 0.3) is 0 Å². The van der Waals surface area contributed by atoms with Crippen molar-refractivity contribution in [3.8, 4) is 11.5 Å². The van der Waals surface area contributed by atoms with Crippen LogP contribution in [-0.4, -0.2) is 57.0 Å². The number of aliphatic hydroxyl groups excluding tert-OH is 1. The van der Waals surface area contributed by atoms with Gasteiger partial charge in [-0.2, -0.15) is 0 Å². The van der Waals surface area contributed by atoms with Gasteiger partial charge in [0.25, 0.3) is 5.91 Å². The maximum absolute atomic E-state index is 13.0. The van der Waals surface area contributed by atoms with E-state index in [1.54, 1.807) is 13.0 Å². The number of fused-ring (bicyclic) bond motifs is 1. The number of piperidine rings is 1. The molecule has 7 heteroatoms. The van der Waals surface area contributed by atoms with Crippen molar-refractivity contribution < 1.29 is 24.9 Å². The molecule has 0 radical (unpaired) electrons. The molecule has 2 bridgehead atoms. The highest BCUT2D eigenvalue weighted by Crippen LogP contribution is 2.63. The lowest BCUT2D eigenvalue weighted by atomic mass is 9.53. The van der Waals surface area contributed by atoms with E-state index < -0.39 is 23.0 Å². The van der Waals surface area contributed by atoms with E-state index in [1.807, 2.05) is 43.3 Å². The molecule has 1 saturated carbocycles. The van der Waals surface area contributed by atoms with Crippen LogP contribution in [0.1, 0.15) is 49.8 Å². The van der Waals surface area contributed by atoms with Crippen molar-refractivity contribution in [2.24, 2.45) is 5.92 Å². The summed E-state index contributed by atoms with van der Waals surface area (Å²) in [7, 11) is 0. The third-order valence-corrected chi connectivity index (χ3v) is 9.01. The highest BCUT2D eigenvalue weighted by atomic mass is 16.5. The number of hydrogen-bond acceptors (Lipinski definition) is 6. The predicted octanol–water partition coefficient (Wildman–Crippen LogP) is 3.33. The molecule has 6 rings (SSSR count). The Balaban J connectivity index is 1.38. The Kier molecular flexibility index (Phi) is 5.36. The number of nitrogens with zero attached hydrogens (tertiary/aromatic N) is 1. The van der Waals surface area contributed by atoms with Gasteiger partial charge in [-0.3, -0.25) is 9.69 Å². The molecule has 2 heterocycles. The molecule has 1 spiro atoms. The van der Waals surface area contributed by atoms with Crippen LogP contribution >= 0.6 is 0 Å². The number of carbonyl (C=O) groups is 1. The minimum atomic E-state index is -1.23. The Bertz CT molecular complexity index is 1240. The van der Waals surface area contributed by atoms with E-state index >= 15 is 0 Å². The summed E-state index contributed by atoms with van der Waals surface area (Å²) in [6.07, 6.45) is 2.71. The molecule has 1 saturated heterocycles. The van der Waals surface area contributed by atoms with Crippen molar-refractivity contribution in [1.29, 1.82) is 0 Å². The van der Waals surface area contributed by atoms with E-state index in [-0.39, 0.29) is 23.1 Å². The van der Waals surface area contributed by atoms with E-state index in [2.05, 4.69) is 10.2 Å². The second-order valence-corrected chi connectivity index (χ2v) is 11.2. The Labute approximate surface area is 211 Å². The molecule has 0 aromatic heterocycles. The van der Waals surface area contributed by atoms with Crippen LogP contribution in [0, 0.1) is 5.92 Å². The molecule has 2 aromatic carbocycles. The van der Waals surface area contributed by atoms with Gasteiger partial charge in [-0.05, 0) is 69.2 Å². The van der Waals surface area contributed by atoms with Gasteiger partial charge in [0.05, 0.1) is 16.6 Å². The zero-order valence-corrected chi connectivity index (χ0v) is 20.8. The normalized spacial score (nSPS) is 31.3. The molecule has 0 unspecified atom stereocenters. The topological polar surface area (TPSA) is 102 Å². The fourth-order valence-corrected chi connectivity index (χ4v) is 6.80. The number of hydrogen-bond donors (Lipinski definition) is 4. The Morgan fingerprint density at radius 1 is 1.19 bits per heavy atom. The number of aromatic hydroxyl groups is 1. The molecule has 7 nitrogen and oxygen atoms in total. The summed E-state index contributed by atoms with van der Waals surface area (Å²) in [5.41, 5.74) is 0.718. The van der Waals surface area contributed by atoms with Crippen molar-refractivity contribution in [1.82, 2.24) is 10.2 Å². The fraction of sp³-hybridized carbons (Fsp3) is 0.483. The van der Waals surface area contributed by atoms with Crippen LogP contribution in [-0.2, 0) is 23.2 Å². The van der Waals surface area contributed by atoms with Crippen molar-refractivity contribution in [2.45, 2.75) is 69.2 Å². The van der Waals surface area contributed by atoms with E-state index in [9.17, 15) is 20.1 Å². The summed E-state index contributed by atoms with van der Waals surface area (Å²) in [4.78, 5) is 15.4. The van der Waals surface area contributed by atoms with E-state index in [1.165, 1.54) is 12.8 Å². The number of phenols is 1. The van der Waals surface area contributed by atoms with Gasteiger partial charge >= 0.3 is 0 Å². The molecule has 190 valence electrons. The van der Waals surface area contributed by atoms with Gasteiger partial charge in [0.2, 0.25) is 0 Å². The number of nitrogens with one attached hydrogen (secondary N) is 1. The van der Waals surface area contributed by atoms with Gasteiger partial charge in [0, 0.05) is 24.7 Å². The van der Waals surface area contributed by atoms with Crippen molar-refractivity contribution in [2.75, 3.05) is 13.1 Å². The summed E-state index contributed by atoms with van der Waals surface area (Å²) in [5, 5.41) is 37.3. The van der Waals surface area contributed by atoms with Gasteiger partial charge in [0.1, 0.15) is 5.76 Å². The largest absolute Gasteiger partial charge is 0.508 e. The molecule has 4 atom stereocenters. The molecule has 2 fully saturated rings. The number of rotatable bonds is 6. The standard InChI is InChI=1S/C29H34N2O5/c1-17(27(34)30-15-18-6-4-3-5-7-18)24(33)26-29-12-13-31(16-19-8-9-19)22(28(29,2)35)14-20-10-11-21(32)25(36-26)23(20)29/h3-7,10-11,19,22,26,32-33,35H,8-9,12-16H2,1-2H3,(H,30,34)/b24-17-/t22-,26+,28-,29+/m1/s1. The lowest BCUT2D eigenvalue weighted by Gasteiger charge is -2.59. The van der Waals surface area contributed by atoms with Crippen LogP contribution in [0.15, 0.2) is 53.8 Å².